The molecule has 1 heterocycles. The van der Waals surface area contributed by atoms with E-state index in [0.29, 0.717) is 6.04 Å². The molecule has 1 aromatic heterocycles. The summed E-state index contributed by atoms with van der Waals surface area (Å²) >= 11 is 0. The lowest BCUT2D eigenvalue weighted by molar-refractivity contribution is 0.388. The quantitative estimate of drug-likeness (QED) is 0.831. The van der Waals surface area contributed by atoms with Gasteiger partial charge in [0.2, 0.25) is 0 Å². The molecule has 0 amide bonds. The molecule has 1 fully saturated rings. The molecular formula is C16H26N2. The summed E-state index contributed by atoms with van der Waals surface area (Å²) in [5, 5.41) is 3.63. The molecule has 0 radical (unpaired) electrons. The number of nitrogens with zero attached hydrogens (tertiary/aromatic N) is 1. The highest BCUT2D eigenvalue weighted by molar-refractivity contribution is 5.13. The second-order valence-electron chi connectivity index (χ2n) is 5.67. The Morgan fingerprint density at radius 1 is 1.33 bits per heavy atom. The molecule has 1 N–H and O–H groups in total. The number of aryl methyl sites for hydroxylation is 1. The maximum Gasteiger partial charge on any atom is 0.0419 e. The predicted octanol–water partition coefficient (Wildman–Crippen LogP) is 3.49. The number of hydrogen-bond acceptors (Lipinski definition) is 2. The number of pyridine rings is 1. The average Bonchev–Trinajstić information content (AvgIpc) is 2.85. The number of rotatable bonds is 6. The van der Waals surface area contributed by atoms with E-state index in [-0.39, 0.29) is 0 Å². The van der Waals surface area contributed by atoms with Crippen molar-refractivity contribution in [2.75, 3.05) is 6.54 Å². The summed E-state index contributed by atoms with van der Waals surface area (Å²) in [6, 6.07) is 4.95. The largest absolute Gasteiger partial charge is 0.314 e. The summed E-state index contributed by atoms with van der Waals surface area (Å²) in [6.45, 7) is 5.35. The molecule has 1 aliphatic rings. The van der Waals surface area contributed by atoms with Gasteiger partial charge in [0, 0.05) is 24.4 Å². The van der Waals surface area contributed by atoms with Crippen LogP contribution in [0.15, 0.2) is 18.3 Å². The van der Waals surface area contributed by atoms with Crippen LogP contribution >= 0.6 is 0 Å². The molecule has 100 valence electrons. The van der Waals surface area contributed by atoms with Crippen molar-refractivity contribution in [2.45, 2.75) is 58.4 Å². The summed E-state index contributed by atoms with van der Waals surface area (Å²) in [5.41, 5.74) is 2.47. The Hall–Kier alpha value is -0.890. The zero-order valence-corrected chi connectivity index (χ0v) is 11.8. The van der Waals surface area contributed by atoms with Gasteiger partial charge in [0.25, 0.3) is 0 Å². The first-order chi connectivity index (χ1) is 8.78. The molecule has 0 saturated heterocycles. The fourth-order valence-electron chi connectivity index (χ4n) is 3.05. The van der Waals surface area contributed by atoms with E-state index in [2.05, 4.69) is 36.3 Å². The lowest BCUT2D eigenvalue weighted by Gasteiger charge is -2.21. The third kappa shape index (κ3) is 4.09. The molecule has 0 aliphatic heterocycles. The molecular weight excluding hydrogens is 220 g/mol. The van der Waals surface area contributed by atoms with Crippen LogP contribution in [0.3, 0.4) is 0 Å². The van der Waals surface area contributed by atoms with Crippen LogP contribution in [0.4, 0.5) is 0 Å². The molecule has 1 unspecified atom stereocenters. The van der Waals surface area contributed by atoms with E-state index in [1.165, 1.54) is 43.4 Å². The SMILES string of the molecule is CCNC(Cc1ccc(C)cn1)CC1CCCC1. The van der Waals surface area contributed by atoms with E-state index in [0.717, 1.165) is 18.9 Å². The number of nitrogens with one attached hydrogen (secondary N) is 1. The molecule has 1 aromatic rings. The lowest BCUT2D eigenvalue weighted by Crippen LogP contribution is -2.33. The molecule has 0 aromatic carbocycles. The third-order valence-electron chi connectivity index (χ3n) is 4.01. The first-order valence-electron chi connectivity index (χ1n) is 7.43. The number of hydrogen-bond donors (Lipinski definition) is 1. The van der Waals surface area contributed by atoms with Crippen LogP contribution in [0.5, 0.6) is 0 Å². The van der Waals surface area contributed by atoms with Crippen LogP contribution in [-0.2, 0) is 6.42 Å². The van der Waals surface area contributed by atoms with Gasteiger partial charge in [0.15, 0.2) is 0 Å². The van der Waals surface area contributed by atoms with E-state index in [9.17, 15) is 0 Å². The van der Waals surface area contributed by atoms with Gasteiger partial charge >= 0.3 is 0 Å². The van der Waals surface area contributed by atoms with Gasteiger partial charge in [0.1, 0.15) is 0 Å². The van der Waals surface area contributed by atoms with Crippen LogP contribution in [-0.4, -0.2) is 17.6 Å². The van der Waals surface area contributed by atoms with Gasteiger partial charge in [0.05, 0.1) is 0 Å². The van der Waals surface area contributed by atoms with E-state index in [4.69, 9.17) is 0 Å². The molecule has 2 nitrogen and oxygen atoms in total. The summed E-state index contributed by atoms with van der Waals surface area (Å²) in [4.78, 5) is 4.53. The summed E-state index contributed by atoms with van der Waals surface area (Å²) < 4.78 is 0. The van der Waals surface area contributed by atoms with Crippen LogP contribution in [0.1, 0.15) is 50.3 Å². The topological polar surface area (TPSA) is 24.9 Å². The standard InChI is InChI=1S/C16H26N2/c1-3-17-16(10-14-6-4-5-7-14)11-15-9-8-13(2)12-18-15/h8-9,12,14,16-17H,3-7,10-11H2,1-2H3. The monoisotopic (exact) mass is 246 g/mol. The molecule has 18 heavy (non-hydrogen) atoms. The van der Waals surface area contributed by atoms with Crippen LogP contribution in [0, 0.1) is 12.8 Å². The Morgan fingerprint density at radius 2 is 2.11 bits per heavy atom. The predicted molar refractivity (Wildman–Crippen MR) is 76.7 cm³/mol. The molecule has 1 saturated carbocycles. The highest BCUT2D eigenvalue weighted by Gasteiger charge is 2.20. The first kappa shape index (κ1) is 13.5. The Kier molecular flexibility index (Phi) is 5.18. The van der Waals surface area contributed by atoms with Crippen molar-refractivity contribution in [3.05, 3.63) is 29.6 Å². The van der Waals surface area contributed by atoms with Crippen molar-refractivity contribution < 1.29 is 0 Å². The fourth-order valence-corrected chi connectivity index (χ4v) is 3.05. The Balaban J connectivity index is 1.90. The molecule has 2 rings (SSSR count). The van der Waals surface area contributed by atoms with E-state index in [1.54, 1.807) is 0 Å². The highest BCUT2D eigenvalue weighted by atomic mass is 14.9. The van der Waals surface area contributed by atoms with Crippen molar-refractivity contribution >= 4 is 0 Å². The summed E-state index contributed by atoms with van der Waals surface area (Å²) in [6.07, 6.45) is 10.1. The molecule has 0 bridgehead atoms. The van der Waals surface area contributed by atoms with Crippen molar-refractivity contribution in [1.29, 1.82) is 0 Å². The normalized spacial score (nSPS) is 18.1. The molecule has 1 aliphatic carbocycles. The Morgan fingerprint density at radius 3 is 2.72 bits per heavy atom. The van der Waals surface area contributed by atoms with Gasteiger partial charge in [-0.25, -0.2) is 0 Å². The minimum atomic E-state index is 0.605. The van der Waals surface area contributed by atoms with Crippen LogP contribution in [0.2, 0.25) is 0 Å². The van der Waals surface area contributed by atoms with Gasteiger partial charge in [-0.15, -0.1) is 0 Å². The number of aromatic nitrogens is 1. The van der Waals surface area contributed by atoms with E-state index < -0.39 is 0 Å². The van der Waals surface area contributed by atoms with Gasteiger partial charge in [-0.1, -0.05) is 38.7 Å². The van der Waals surface area contributed by atoms with Gasteiger partial charge in [-0.05, 0) is 37.4 Å². The fraction of sp³-hybridized carbons (Fsp3) is 0.688. The first-order valence-corrected chi connectivity index (χ1v) is 7.43. The van der Waals surface area contributed by atoms with Crippen molar-refractivity contribution in [3.8, 4) is 0 Å². The number of likely N-dealkylation sites (N-methyl/N-ethyl adjacent to an activating group) is 1. The van der Waals surface area contributed by atoms with E-state index in [1.807, 2.05) is 6.20 Å². The molecule has 0 spiro atoms. The Labute approximate surface area is 111 Å². The smallest absolute Gasteiger partial charge is 0.0419 e. The maximum atomic E-state index is 4.53. The van der Waals surface area contributed by atoms with Gasteiger partial charge in [-0.3, -0.25) is 4.98 Å². The minimum Gasteiger partial charge on any atom is -0.314 e. The second kappa shape index (κ2) is 6.89. The minimum absolute atomic E-state index is 0.605. The van der Waals surface area contributed by atoms with Crippen LogP contribution in [0.25, 0.3) is 0 Å². The van der Waals surface area contributed by atoms with Crippen molar-refractivity contribution in [3.63, 3.8) is 0 Å². The summed E-state index contributed by atoms with van der Waals surface area (Å²) in [5.74, 6) is 0.944. The lowest BCUT2D eigenvalue weighted by atomic mass is 9.95. The van der Waals surface area contributed by atoms with Gasteiger partial charge < -0.3 is 5.32 Å². The van der Waals surface area contributed by atoms with Crippen LogP contribution < -0.4 is 5.32 Å². The molecule has 1 atom stereocenters. The average molecular weight is 246 g/mol. The molecule has 2 heteroatoms. The van der Waals surface area contributed by atoms with Crippen molar-refractivity contribution in [2.24, 2.45) is 5.92 Å². The van der Waals surface area contributed by atoms with E-state index >= 15 is 0 Å². The zero-order valence-electron chi connectivity index (χ0n) is 11.8. The zero-order chi connectivity index (χ0) is 12.8. The summed E-state index contributed by atoms with van der Waals surface area (Å²) in [7, 11) is 0. The Bertz CT molecular complexity index is 339. The maximum absolute atomic E-state index is 4.53. The van der Waals surface area contributed by atoms with Gasteiger partial charge in [-0.2, -0.15) is 0 Å². The highest BCUT2D eigenvalue weighted by Crippen LogP contribution is 2.29. The second-order valence-corrected chi connectivity index (χ2v) is 5.67. The van der Waals surface area contributed by atoms with Crippen molar-refractivity contribution in [1.82, 2.24) is 10.3 Å². The third-order valence-corrected chi connectivity index (χ3v) is 4.01.